The minimum Gasteiger partial charge on any atom is -0.496 e. The molecule has 0 saturated heterocycles. The SMILES string of the molecule is COCC(N)C(=O)NC(C)c1ccc(OC)c(Br)c1. The summed E-state index contributed by atoms with van der Waals surface area (Å²) in [5.41, 5.74) is 6.63. The van der Waals surface area contributed by atoms with E-state index < -0.39 is 6.04 Å². The predicted molar refractivity (Wildman–Crippen MR) is 77.1 cm³/mol. The van der Waals surface area contributed by atoms with Crippen LogP contribution in [-0.4, -0.2) is 32.8 Å². The second-order valence-corrected chi connectivity index (χ2v) is 5.04. The van der Waals surface area contributed by atoms with Crippen molar-refractivity contribution in [2.24, 2.45) is 5.73 Å². The van der Waals surface area contributed by atoms with Gasteiger partial charge < -0.3 is 20.5 Å². The van der Waals surface area contributed by atoms with Crippen molar-refractivity contribution in [2.75, 3.05) is 20.8 Å². The largest absolute Gasteiger partial charge is 0.496 e. The first-order chi connectivity index (χ1) is 8.99. The van der Waals surface area contributed by atoms with Crippen LogP contribution in [0.5, 0.6) is 5.75 Å². The molecule has 106 valence electrons. The summed E-state index contributed by atoms with van der Waals surface area (Å²) < 4.78 is 10.9. The van der Waals surface area contributed by atoms with Gasteiger partial charge in [0.25, 0.3) is 0 Å². The molecule has 2 atom stereocenters. The summed E-state index contributed by atoms with van der Waals surface area (Å²) in [5.74, 6) is 0.514. The van der Waals surface area contributed by atoms with Crippen LogP contribution in [0.3, 0.4) is 0 Å². The fourth-order valence-electron chi connectivity index (χ4n) is 1.61. The standard InChI is InChI=1S/C13H19BrN2O3/c1-8(16-13(17)11(15)7-18-2)9-4-5-12(19-3)10(14)6-9/h4-6,8,11H,7,15H2,1-3H3,(H,16,17). The molecule has 2 unspecified atom stereocenters. The van der Waals surface area contributed by atoms with Crippen LogP contribution in [0.1, 0.15) is 18.5 Å². The van der Waals surface area contributed by atoms with Crippen LogP contribution in [-0.2, 0) is 9.53 Å². The van der Waals surface area contributed by atoms with E-state index in [2.05, 4.69) is 21.2 Å². The van der Waals surface area contributed by atoms with E-state index >= 15 is 0 Å². The van der Waals surface area contributed by atoms with Gasteiger partial charge in [-0.3, -0.25) is 4.79 Å². The average molecular weight is 331 g/mol. The number of nitrogens with two attached hydrogens (primary N) is 1. The highest BCUT2D eigenvalue weighted by Crippen LogP contribution is 2.27. The number of carbonyl (C=O) groups excluding carboxylic acids is 1. The van der Waals surface area contributed by atoms with E-state index in [0.717, 1.165) is 15.8 Å². The molecule has 19 heavy (non-hydrogen) atoms. The highest BCUT2D eigenvalue weighted by molar-refractivity contribution is 9.10. The summed E-state index contributed by atoms with van der Waals surface area (Å²) in [6, 6.07) is 4.85. The zero-order valence-electron chi connectivity index (χ0n) is 11.3. The summed E-state index contributed by atoms with van der Waals surface area (Å²) in [7, 11) is 3.12. The summed E-state index contributed by atoms with van der Waals surface area (Å²) in [5, 5.41) is 2.84. The van der Waals surface area contributed by atoms with Crippen molar-refractivity contribution < 1.29 is 14.3 Å². The van der Waals surface area contributed by atoms with Gasteiger partial charge in [-0.1, -0.05) is 6.07 Å². The van der Waals surface area contributed by atoms with Crippen LogP contribution < -0.4 is 15.8 Å². The van der Waals surface area contributed by atoms with E-state index in [1.54, 1.807) is 7.11 Å². The molecule has 1 aromatic rings. The van der Waals surface area contributed by atoms with Crippen molar-refractivity contribution in [2.45, 2.75) is 19.0 Å². The van der Waals surface area contributed by atoms with Gasteiger partial charge in [0.05, 0.1) is 24.2 Å². The fourth-order valence-corrected chi connectivity index (χ4v) is 2.17. The zero-order valence-corrected chi connectivity index (χ0v) is 12.9. The third-order valence-electron chi connectivity index (χ3n) is 2.72. The third kappa shape index (κ3) is 4.49. The summed E-state index contributed by atoms with van der Waals surface area (Å²) >= 11 is 3.41. The van der Waals surface area contributed by atoms with Crippen LogP contribution in [0.4, 0.5) is 0 Å². The Balaban J connectivity index is 2.70. The molecule has 0 spiro atoms. The molecule has 0 aliphatic carbocycles. The van der Waals surface area contributed by atoms with Crippen molar-refractivity contribution in [1.82, 2.24) is 5.32 Å². The van der Waals surface area contributed by atoms with Gasteiger partial charge in [0.15, 0.2) is 0 Å². The minimum atomic E-state index is -0.658. The molecule has 1 rings (SSSR count). The van der Waals surface area contributed by atoms with Gasteiger partial charge in [0, 0.05) is 7.11 Å². The van der Waals surface area contributed by atoms with Gasteiger partial charge in [0.1, 0.15) is 11.8 Å². The number of carbonyl (C=O) groups is 1. The van der Waals surface area contributed by atoms with Gasteiger partial charge in [-0.15, -0.1) is 0 Å². The Labute approximate surface area is 121 Å². The Morgan fingerprint density at radius 2 is 2.16 bits per heavy atom. The Bertz CT molecular complexity index is 440. The Hall–Kier alpha value is -1.11. The van der Waals surface area contributed by atoms with Crippen molar-refractivity contribution in [3.05, 3.63) is 28.2 Å². The summed E-state index contributed by atoms with van der Waals surface area (Å²) in [6.45, 7) is 2.09. The molecule has 0 bridgehead atoms. The number of ether oxygens (including phenoxy) is 2. The number of amides is 1. The van der Waals surface area contributed by atoms with Crippen LogP contribution >= 0.6 is 15.9 Å². The summed E-state index contributed by atoms with van der Waals surface area (Å²) in [4.78, 5) is 11.8. The van der Waals surface area contributed by atoms with E-state index in [4.69, 9.17) is 15.2 Å². The Morgan fingerprint density at radius 1 is 1.47 bits per heavy atom. The molecule has 0 saturated carbocycles. The first kappa shape index (κ1) is 15.9. The fraction of sp³-hybridized carbons (Fsp3) is 0.462. The van der Waals surface area contributed by atoms with Crippen LogP contribution in [0, 0.1) is 0 Å². The van der Waals surface area contributed by atoms with Gasteiger partial charge >= 0.3 is 0 Å². The van der Waals surface area contributed by atoms with Crippen molar-refractivity contribution in [1.29, 1.82) is 0 Å². The number of halogens is 1. The van der Waals surface area contributed by atoms with Gasteiger partial charge in [-0.05, 0) is 40.5 Å². The number of methoxy groups -OCH3 is 2. The number of benzene rings is 1. The average Bonchev–Trinajstić information content (AvgIpc) is 2.38. The zero-order chi connectivity index (χ0) is 14.4. The molecule has 0 radical (unpaired) electrons. The number of nitrogens with one attached hydrogen (secondary N) is 1. The molecule has 1 amide bonds. The molecule has 0 aromatic heterocycles. The first-order valence-corrected chi connectivity index (χ1v) is 6.67. The van der Waals surface area contributed by atoms with E-state index in [1.807, 2.05) is 25.1 Å². The molecule has 5 nitrogen and oxygen atoms in total. The van der Waals surface area contributed by atoms with Crippen molar-refractivity contribution >= 4 is 21.8 Å². The van der Waals surface area contributed by atoms with Crippen molar-refractivity contribution in [3.8, 4) is 5.75 Å². The normalized spacial score (nSPS) is 13.7. The molecular formula is C13H19BrN2O3. The highest BCUT2D eigenvalue weighted by Gasteiger charge is 2.17. The number of hydrogen-bond donors (Lipinski definition) is 2. The lowest BCUT2D eigenvalue weighted by molar-refractivity contribution is -0.124. The lowest BCUT2D eigenvalue weighted by atomic mass is 10.1. The second-order valence-electron chi connectivity index (χ2n) is 4.19. The molecule has 0 fully saturated rings. The Morgan fingerprint density at radius 3 is 2.68 bits per heavy atom. The lowest BCUT2D eigenvalue weighted by Crippen LogP contribution is -2.44. The second kappa shape index (κ2) is 7.47. The van der Waals surface area contributed by atoms with Gasteiger partial charge in [0.2, 0.25) is 5.91 Å². The van der Waals surface area contributed by atoms with E-state index in [0.29, 0.717) is 0 Å². The number of rotatable bonds is 6. The smallest absolute Gasteiger partial charge is 0.239 e. The molecule has 0 aliphatic heterocycles. The topological polar surface area (TPSA) is 73.6 Å². The molecular weight excluding hydrogens is 312 g/mol. The molecule has 1 aromatic carbocycles. The molecule has 6 heteroatoms. The first-order valence-electron chi connectivity index (χ1n) is 5.88. The molecule has 0 heterocycles. The maximum Gasteiger partial charge on any atom is 0.239 e. The van der Waals surface area contributed by atoms with Crippen LogP contribution in [0.2, 0.25) is 0 Å². The highest BCUT2D eigenvalue weighted by atomic mass is 79.9. The third-order valence-corrected chi connectivity index (χ3v) is 3.34. The Kier molecular flexibility index (Phi) is 6.27. The van der Waals surface area contributed by atoms with E-state index in [9.17, 15) is 4.79 Å². The van der Waals surface area contributed by atoms with Crippen molar-refractivity contribution in [3.63, 3.8) is 0 Å². The van der Waals surface area contributed by atoms with Gasteiger partial charge in [-0.25, -0.2) is 0 Å². The minimum absolute atomic E-state index is 0.141. The van der Waals surface area contributed by atoms with E-state index in [-0.39, 0.29) is 18.6 Å². The van der Waals surface area contributed by atoms with Crippen LogP contribution in [0.15, 0.2) is 22.7 Å². The molecule has 3 N–H and O–H groups in total. The van der Waals surface area contributed by atoms with Gasteiger partial charge in [-0.2, -0.15) is 0 Å². The quantitative estimate of drug-likeness (QED) is 0.831. The lowest BCUT2D eigenvalue weighted by Gasteiger charge is -2.18. The maximum absolute atomic E-state index is 11.8. The summed E-state index contributed by atoms with van der Waals surface area (Å²) in [6.07, 6.45) is 0. The molecule has 0 aliphatic rings. The maximum atomic E-state index is 11.8. The predicted octanol–water partition coefficient (Wildman–Crippen LogP) is 1.61. The van der Waals surface area contributed by atoms with E-state index in [1.165, 1.54) is 7.11 Å². The monoisotopic (exact) mass is 330 g/mol. The number of hydrogen-bond acceptors (Lipinski definition) is 4. The van der Waals surface area contributed by atoms with Crippen LogP contribution in [0.25, 0.3) is 0 Å².